The third kappa shape index (κ3) is 5.55. The maximum Gasteiger partial charge on any atom is 0.254 e. The van der Waals surface area contributed by atoms with Gasteiger partial charge >= 0.3 is 0 Å². The van der Waals surface area contributed by atoms with E-state index in [1.807, 2.05) is 45.0 Å². The third-order valence-electron chi connectivity index (χ3n) is 4.37. The Morgan fingerprint density at radius 1 is 1.11 bits per heavy atom. The fraction of sp³-hybridized carbons (Fsp3) is 0.364. The highest BCUT2D eigenvalue weighted by molar-refractivity contribution is 5.97. The molecular formula is C22H27FN2O3. The highest BCUT2D eigenvalue weighted by Crippen LogP contribution is 2.15. The molecule has 0 saturated carbocycles. The van der Waals surface area contributed by atoms with Crippen LogP contribution >= 0.6 is 0 Å². The van der Waals surface area contributed by atoms with Crippen molar-refractivity contribution >= 4 is 11.8 Å². The number of carbonyl (C=O) groups is 2. The van der Waals surface area contributed by atoms with Crippen LogP contribution in [0, 0.1) is 11.7 Å². The van der Waals surface area contributed by atoms with E-state index in [4.69, 9.17) is 4.74 Å². The van der Waals surface area contributed by atoms with E-state index in [2.05, 4.69) is 5.32 Å². The molecule has 2 aromatic rings. The Bertz CT molecular complexity index is 806. The fourth-order valence-electron chi connectivity index (χ4n) is 2.82. The Hall–Kier alpha value is -2.89. The van der Waals surface area contributed by atoms with Crippen molar-refractivity contribution in [3.8, 4) is 5.75 Å². The molecule has 0 aliphatic heterocycles. The molecule has 0 saturated heterocycles. The van der Waals surface area contributed by atoms with Crippen molar-refractivity contribution in [3.63, 3.8) is 0 Å². The van der Waals surface area contributed by atoms with Gasteiger partial charge in [0.2, 0.25) is 5.91 Å². The van der Waals surface area contributed by atoms with Gasteiger partial charge in [-0.15, -0.1) is 0 Å². The number of ether oxygens (including phenoxy) is 1. The summed E-state index contributed by atoms with van der Waals surface area (Å²) in [5, 5.41) is 2.68. The fourth-order valence-corrected chi connectivity index (χ4v) is 2.82. The Kier molecular flexibility index (Phi) is 7.55. The maximum absolute atomic E-state index is 13.9. The number of carbonyl (C=O) groups excluding carboxylic acids is 2. The standard InChI is InChI=1S/C22H27FN2O3/c1-5-28-17-12-10-16(11-13-17)14-25(4)22(27)20(15(2)3)24-21(26)18-8-6-7-9-19(18)23/h6-13,15,20H,5,14H2,1-4H3,(H,24,26)/t20-/m0/s1. The van der Waals surface area contributed by atoms with E-state index < -0.39 is 17.8 Å². The molecule has 0 aromatic heterocycles. The summed E-state index contributed by atoms with van der Waals surface area (Å²) in [6.45, 7) is 6.59. The van der Waals surface area contributed by atoms with E-state index in [9.17, 15) is 14.0 Å². The van der Waals surface area contributed by atoms with Gasteiger partial charge in [0.25, 0.3) is 5.91 Å². The Labute approximate surface area is 165 Å². The van der Waals surface area contributed by atoms with Gasteiger partial charge in [0.1, 0.15) is 17.6 Å². The lowest BCUT2D eigenvalue weighted by Crippen LogP contribution is -2.50. The second-order valence-electron chi connectivity index (χ2n) is 6.95. The van der Waals surface area contributed by atoms with Gasteiger partial charge in [0.05, 0.1) is 12.2 Å². The quantitative estimate of drug-likeness (QED) is 0.754. The molecule has 0 fully saturated rings. The number of likely N-dealkylation sites (N-methyl/N-ethyl adjacent to an activating group) is 1. The first-order chi connectivity index (χ1) is 13.3. The minimum Gasteiger partial charge on any atom is -0.494 e. The molecule has 2 rings (SSSR count). The largest absolute Gasteiger partial charge is 0.494 e. The first kappa shape index (κ1) is 21.4. The van der Waals surface area contributed by atoms with Gasteiger partial charge in [-0.25, -0.2) is 4.39 Å². The molecule has 0 aliphatic rings. The van der Waals surface area contributed by atoms with E-state index in [1.165, 1.54) is 18.2 Å². The SMILES string of the molecule is CCOc1ccc(CN(C)C(=O)[C@@H](NC(=O)c2ccccc2F)C(C)C)cc1. The molecule has 6 heteroatoms. The molecular weight excluding hydrogens is 359 g/mol. The molecule has 0 bridgehead atoms. The number of halogens is 1. The van der Waals surface area contributed by atoms with Crippen molar-refractivity contribution in [2.24, 2.45) is 5.92 Å². The number of hydrogen-bond acceptors (Lipinski definition) is 3. The van der Waals surface area contributed by atoms with Crippen molar-refractivity contribution < 1.29 is 18.7 Å². The van der Waals surface area contributed by atoms with Crippen molar-refractivity contribution in [2.45, 2.75) is 33.4 Å². The lowest BCUT2D eigenvalue weighted by molar-refractivity contribution is -0.133. The smallest absolute Gasteiger partial charge is 0.254 e. The zero-order valence-electron chi connectivity index (χ0n) is 16.7. The number of benzene rings is 2. The van der Waals surface area contributed by atoms with Crippen LogP contribution < -0.4 is 10.1 Å². The number of hydrogen-bond donors (Lipinski definition) is 1. The van der Waals surface area contributed by atoms with E-state index >= 15 is 0 Å². The minimum absolute atomic E-state index is 0.0740. The topological polar surface area (TPSA) is 58.6 Å². The van der Waals surface area contributed by atoms with Gasteiger partial charge in [-0.2, -0.15) is 0 Å². The molecule has 5 nitrogen and oxygen atoms in total. The van der Waals surface area contributed by atoms with Crippen molar-refractivity contribution in [1.29, 1.82) is 0 Å². The first-order valence-electron chi connectivity index (χ1n) is 9.35. The highest BCUT2D eigenvalue weighted by Gasteiger charge is 2.28. The molecule has 1 N–H and O–H groups in total. The van der Waals surface area contributed by atoms with Gasteiger partial charge in [0, 0.05) is 13.6 Å². The van der Waals surface area contributed by atoms with Crippen LogP contribution in [0.2, 0.25) is 0 Å². The average molecular weight is 386 g/mol. The number of rotatable bonds is 8. The predicted octanol–water partition coefficient (Wildman–Crippen LogP) is 3.64. The van der Waals surface area contributed by atoms with E-state index in [-0.39, 0.29) is 17.4 Å². The molecule has 1 atom stereocenters. The summed E-state index contributed by atoms with van der Waals surface area (Å²) in [7, 11) is 1.68. The van der Waals surface area contributed by atoms with Crippen LogP contribution in [0.3, 0.4) is 0 Å². The molecule has 0 unspecified atom stereocenters. The number of nitrogens with zero attached hydrogens (tertiary/aromatic N) is 1. The third-order valence-corrected chi connectivity index (χ3v) is 4.37. The monoisotopic (exact) mass is 386 g/mol. The zero-order chi connectivity index (χ0) is 20.7. The molecule has 150 valence electrons. The van der Waals surface area contributed by atoms with Gasteiger partial charge < -0.3 is 15.0 Å². The highest BCUT2D eigenvalue weighted by atomic mass is 19.1. The summed E-state index contributed by atoms with van der Waals surface area (Å²) in [6.07, 6.45) is 0. The summed E-state index contributed by atoms with van der Waals surface area (Å²) in [4.78, 5) is 26.9. The average Bonchev–Trinajstić information content (AvgIpc) is 2.67. The van der Waals surface area contributed by atoms with Crippen LogP contribution in [0.15, 0.2) is 48.5 Å². The molecule has 0 aliphatic carbocycles. The first-order valence-corrected chi connectivity index (χ1v) is 9.35. The zero-order valence-corrected chi connectivity index (χ0v) is 16.7. The summed E-state index contributed by atoms with van der Waals surface area (Å²) >= 11 is 0. The molecule has 2 aromatic carbocycles. The number of amides is 2. The summed E-state index contributed by atoms with van der Waals surface area (Å²) in [5.74, 6) is -0.811. The van der Waals surface area contributed by atoms with Crippen molar-refractivity contribution in [1.82, 2.24) is 10.2 Å². The molecule has 2 amide bonds. The van der Waals surface area contributed by atoms with Crippen LogP contribution in [-0.4, -0.2) is 36.4 Å². The lowest BCUT2D eigenvalue weighted by Gasteiger charge is -2.27. The van der Waals surface area contributed by atoms with E-state index in [0.717, 1.165) is 11.3 Å². The van der Waals surface area contributed by atoms with Gasteiger partial charge in [-0.1, -0.05) is 38.1 Å². The van der Waals surface area contributed by atoms with Crippen molar-refractivity contribution in [3.05, 3.63) is 65.5 Å². The van der Waals surface area contributed by atoms with E-state index in [0.29, 0.717) is 13.2 Å². The summed E-state index contributed by atoms with van der Waals surface area (Å²) < 4.78 is 19.3. The summed E-state index contributed by atoms with van der Waals surface area (Å²) in [5.41, 5.74) is 0.873. The molecule has 0 radical (unpaired) electrons. The van der Waals surface area contributed by atoms with Crippen LogP contribution in [0.25, 0.3) is 0 Å². The predicted molar refractivity (Wildman–Crippen MR) is 107 cm³/mol. The van der Waals surface area contributed by atoms with Gasteiger partial charge in [0.15, 0.2) is 0 Å². The second-order valence-corrected chi connectivity index (χ2v) is 6.95. The Balaban J connectivity index is 2.06. The molecule has 0 spiro atoms. The van der Waals surface area contributed by atoms with Gasteiger partial charge in [-0.05, 0) is 42.7 Å². The normalized spacial score (nSPS) is 11.8. The van der Waals surface area contributed by atoms with Gasteiger partial charge in [-0.3, -0.25) is 9.59 Å². The van der Waals surface area contributed by atoms with Crippen LogP contribution in [-0.2, 0) is 11.3 Å². The lowest BCUT2D eigenvalue weighted by atomic mass is 10.0. The number of nitrogens with one attached hydrogen (secondary N) is 1. The van der Waals surface area contributed by atoms with E-state index in [1.54, 1.807) is 18.0 Å². The maximum atomic E-state index is 13.9. The van der Waals surface area contributed by atoms with Crippen molar-refractivity contribution in [2.75, 3.05) is 13.7 Å². The Morgan fingerprint density at radius 2 is 1.75 bits per heavy atom. The molecule has 28 heavy (non-hydrogen) atoms. The van der Waals surface area contributed by atoms with Crippen LogP contribution in [0.1, 0.15) is 36.7 Å². The minimum atomic E-state index is -0.750. The molecule has 0 heterocycles. The second kappa shape index (κ2) is 9.88. The van der Waals surface area contributed by atoms with Crippen LogP contribution in [0.5, 0.6) is 5.75 Å². The van der Waals surface area contributed by atoms with Crippen LogP contribution in [0.4, 0.5) is 4.39 Å². The summed E-state index contributed by atoms with van der Waals surface area (Å²) in [6, 6.07) is 12.5. The Morgan fingerprint density at radius 3 is 2.32 bits per heavy atom.